The molecule has 0 fully saturated rings. The van der Waals surface area contributed by atoms with Crippen LogP contribution in [0.25, 0.3) is 0 Å². The van der Waals surface area contributed by atoms with Crippen molar-refractivity contribution in [1.82, 2.24) is 10.6 Å². The number of nitrogens with one attached hydrogen (secondary N) is 2. The Morgan fingerprint density at radius 2 is 1.88 bits per heavy atom. The summed E-state index contributed by atoms with van der Waals surface area (Å²) in [6.45, 7) is 9.73. The second-order valence-electron chi connectivity index (χ2n) is 3.76. The minimum absolute atomic E-state index is 0.724. The van der Waals surface area contributed by atoms with Crippen LogP contribution in [0.15, 0.2) is 4.99 Å². The smallest absolute Gasteiger partial charge is 0.191 e. The lowest BCUT2D eigenvalue weighted by Gasteiger charge is -2.16. The molecule has 0 aromatic heterocycles. The number of guanidine groups is 1. The van der Waals surface area contributed by atoms with E-state index in [0.717, 1.165) is 38.2 Å². The minimum atomic E-state index is 0.724. The molecule has 0 aromatic rings. The third-order valence-electron chi connectivity index (χ3n) is 2.68. The average Bonchev–Trinajstić information content (AvgIpc) is 2.33. The van der Waals surface area contributed by atoms with E-state index in [9.17, 15) is 0 Å². The Morgan fingerprint density at radius 3 is 2.38 bits per heavy atom. The van der Waals surface area contributed by atoms with Gasteiger partial charge in [0, 0.05) is 26.7 Å². The standard InChI is InChI=1S/C12H27N3O/c1-5-11(6-2)10-15-12(13-4)14-8-9-16-7-3/h11H,5-10H2,1-4H3,(H2,13,14,15). The van der Waals surface area contributed by atoms with Gasteiger partial charge in [-0.15, -0.1) is 0 Å². The van der Waals surface area contributed by atoms with Crippen molar-refractivity contribution in [3.8, 4) is 0 Å². The molecule has 0 rings (SSSR count). The van der Waals surface area contributed by atoms with Crippen molar-refractivity contribution in [1.29, 1.82) is 0 Å². The summed E-state index contributed by atoms with van der Waals surface area (Å²) in [5.74, 6) is 1.59. The summed E-state index contributed by atoms with van der Waals surface area (Å²) in [6.07, 6.45) is 2.42. The van der Waals surface area contributed by atoms with Crippen LogP contribution >= 0.6 is 0 Å². The van der Waals surface area contributed by atoms with E-state index < -0.39 is 0 Å². The van der Waals surface area contributed by atoms with Gasteiger partial charge < -0.3 is 15.4 Å². The van der Waals surface area contributed by atoms with E-state index in [1.54, 1.807) is 7.05 Å². The highest BCUT2D eigenvalue weighted by Gasteiger charge is 2.04. The molecule has 0 spiro atoms. The molecule has 2 N–H and O–H groups in total. The first-order valence-corrected chi connectivity index (χ1v) is 6.30. The van der Waals surface area contributed by atoms with Gasteiger partial charge in [0.1, 0.15) is 0 Å². The maximum absolute atomic E-state index is 5.25. The molecule has 4 heteroatoms. The van der Waals surface area contributed by atoms with Gasteiger partial charge >= 0.3 is 0 Å². The number of nitrogens with zero attached hydrogens (tertiary/aromatic N) is 1. The molecule has 0 aliphatic heterocycles. The molecule has 4 nitrogen and oxygen atoms in total. The van der Waals surface area contributed by atoms with Crippen LogP contribution in [-0.4, -0.2) is 39.3 Å². The second kappa shape index (κ2) is 10.7. The fourth-order valence-corrected chi connectivity index (χ4v) is 1.42. The summed E-state index contributed by atoms with van der Waals surface area (Å²) in [5, 5.41) is 6.55. The van der Waals surface area contributed by atoms with Crippen molar-refractivity contribution in [3.05, 3.63) is 0 Å². The van der Waals surface area contributed by atoms with Gasteiger partial charge in [-0.05, 0) is 12.8 Å². The number of hydrogen-bond acceptors (Lipinski definition) is 2. The second-order valence-corrected chi connectivity index (χ2v) is 3.76. The number of rotatable bonds is 8. The van der Waals surface area contributed by atoms with Crippen molar-refractivity contribution in [2.45, 2.75) is 33.6 Å². The van der Waals surface area contributed by atoms with Crippen molar-refractivity contribution in [2.75, 3.05) is 33.4 Å². The average molecular weight is 229 g/mol. The molecule has 0 unspecified atom stereocenters. The Morgan fingerprint density at radius 1 is 1.19 bits per heavy atom. The minimum Gasteiger partial charge on any atom is -0.380 e. The molecule has 0 atom stereocenters. The van der Waals surface area contributed by atoms with Crippen molar-refractivity contribution in [3.63, 3.8) is 0 Å². The molecule has 0 saturated carbocycles. The van der Waals surface area contributed by atoms with Gasteiger partial charge in [-0.25, -0.2) is 0 Å². The van der Waals surface area contributed by atoms with Crippen molar-refractivity contribution >= 4 is 5.96 Å². The fourth-order valence-electron chi connectivity index (χ4n) is 1.42. The molecule has 0 bridgehead atoms. The molecule has 0 saturated heterocycles. The van der Waals surface area contributed by atoms with Gasteiger partial charge in [-0.3, -0.25) is 4.99 Å². The quantitative estimate of drug-likeness (QED) is 0.378. The van der Waals surface area contributed by atoms with Crippen LogP contribution in [-0.2, 0) is 4.74 Å². The summed E-state index contributed by atoms with van der Waals surface area (Å²) in [6, 6.07) is 0. The lowest BCUT2D eigenvalue weighted by molar-refractivity contribution is 0.152. The number of aliphatic imine (C=N–C) groups is 1. The Labute approximate surface area is 99.9 Å². The highest BCUT2D eigenvalue weighted by molar-refractivity contribution is 5.79. The molecular weight excluding hydrogens is 202 g/mol. The van der Waals surface area contributed by atoms with Crippen LogP contribution in [0.5, 0.6) is 0 Å². The van der Waals surface area contributed by atoms with E-state index in [0.29, 0.717) is 0 Å². The first-order chi connectivity index (χ1) is 7.78. The Kier molecular flexibility index (Phi) is 10.2. The summed E-state index contributed by atoms with van der Waals surface area (Å²) in [5.41, 5.74) is 0. The first kappa shape index (κ1) is 15.2. The lowest BCUT2D eigenvalue weighted by Crippen LogP contribution is -2.41. The van der Waals surface area contributed by atoms with Gasteiger partial charge in [0.15, 0.2) is 5.96 Å². The molecule has 96 valence electrons. The topological polar surface area (TPSA) is 45.6 Å². The van der Waals surface area contributed by atoms with Gasteiger partial charge in [-0.1, -0.05) is 26.7 Å². The zero-order valence-electron chi connectivity index (χ0n) is 11.2. The van der Waals surface area contributed by atoms with Crippen molar-refractivity contribution in [2.24, 2.45) is 10.9 Å². The van der Waals surface area contributed by atoms with Crippen LogP contribution in [0.3, 0.4) is 0 Å². The van der Waals surface area contributed by atoms with Gasteiger partial charge in [0.2, 0.25) is 0 Å². The van der Waals surface area contributed by atoms with Crippen LogP contribution in [0.4, 0.5) is 0 Å². The van der Waals surface area contributed by atoms with E-state index >= 15 is 0 Å². The van der Waals surface area contributed by atoms with Gasteiger partial charge in [-0.2, -0.15) is 0 Å². The predicted molar refractivity (Wildman–Crippen MR) is 69.9 cm³/mol. The Hall–Kier alpha value is -0.770. The zero-order valence-corrected chi connectivity index (χ0v) is 11.2. The number of hydrogen-bond donors (Lipinski definition) is 2. The fraction of sp³-hybridized carbons (Fsp3) is 0.917. The molecule has 0 aromatic carbocycles. The van der Waals surface area contributed by atoms with E-state index in [2.05, 4.69) is 29.5 Å². The van der Waals surface area contributed by atoms with E-state index in [-0.39, 0.29) is 0 Å². The van der Waals surface area contributed by atoms with Crippen LogP contribution in [0, 0.1) is 5.92 Å². The molecule has 0 amide bonds. The maximum atomic E-state index is 5.25. The van der Waals surface area contributed by atoms with E-state index in [1.165, 1.54) is 12.8 Å². The predicted octanol–water partition coefficient (Wildman–Crippen LogP) is 1.62. The monoisotopic (exact) mass is 229 g/mol. The van der Waals surface area contributed by atoms with Gasteiger partial charge in [0.25, 0.3) is 0 Å². The lowest BCUT2D eigenvalue weighted by atomic mass is 10.0. The highest BCUT2D eigenvalue weighted by Crippen LogP contribution is 2.04. The van der Waals surface area contributed by atoms with E-state index in [4.69, 9.17) is 4.74 Å². The highest BCUT2D eigenvalue weighted by atomic mass is 16.5. The third kappa shape index (κ3) is 7.51. The van der Waals surface area contributed by atoms with Gasteiger partial charge in [0.05, 0.1) is 6.61 Å². The van der Waals surface area contributed by atoms with Crippen molar-refractivity contribution < 1.29 is 4.74 Å². The summed E-state index contributed by atoms with van der Waals surface area (Å²) >= 11 is 0. The normalized spacial score (nSPS) is 11.9. The first-order valence-electron chi connectivity index (χ1n) is 6.30. The number of ether oxygens (including phenoxy) is 1. The third-order valence-corrected chi connectivity index (χ3v) is 2.68. The summed E-state index contributed by atoms with van der Waals surface area (Å²) < 4.78 is 5.25. The molecule has 0 radical (unpaired) electrons. The Balaban J connectivity index is 3.67. The molecular formula is C12H27N3O. The molecule has 0 aliphatic carbocycles. The summed E-state index contributed by atoms with van der Waals surface area (Å²) in [4.78, 5) is 4.17. The molecule has 0 aliphatic rings. The Bertz CT molecular complexity index is 179. The zero-order chi connectivity index (χ0) is 12.2. The SMILES string of the molecule is CCOCCNC(=NC)NCC(CC)CC. The maximum Gasteiger partial charge on any atom is 0.191 e. The molecule has 0 heterocycles. The van der Waals surface area contributed by atoms with Crippen LogP contribution < -0.4 is 10.6 Å². The summed E-state index contributed by atoms with van der Waals surface area (Å²) in [7, 11) is 1.79. The molecule has 16 heavy (non-hydrogen) atoms. The van der Waals surface area contributed by atoms with E-state index in [1.807, 2.05) is 6.92 Å². The van der Waals surface area contributed by atoms with Crippen LogP contribution in [0.1, 0.15) is 33.6 Å². The largest absolute Gasteiger partial charge is 0.380 e. The van der Waals surface area contributed by atoms with Crippen LogP contribution in [0.2, 0.25) is 0 Å².